The van der Waals surface area contributed by atoms with Gasteiger partial charge in [0.1, 0.15) is 21.8 Å². The van der Waals surface area contributed by atoms with Crippen LogP contribution in [0.4, 0.5) is 26.3 Å². The van der Waals surface area contributed by atoms with Crippen LogP contribution in [0.5, 0.6) is 0 Å². The van der Waals surface area contributed by atoms with Gasteiger partial charge in [-0.2, -0.15) is 26.3 Å². The summed E-state index contributed by atoms with van der Waals surface area (Å²) in [6.07, 6.45) is -8.47. The topological polar surface area (TPSA) is 68.7 Å². The molecular formula is C32H32F6N2O4S. The number of esters is 1. The maximum atomic E-state index is 13.7. The van der Waals surface area contributed by atoms with Crippen LogP contribution in [0.1, 0.15) is 62.8 Å². The summed E-state index contributed by atoms with van der Waals surface area (Å²) in [4.78, 5) is 15.4. The number of furan rings is 1. The minimum atomic E-state index is -5.05. The van der Waals surface area contributed by atoms with Crippen molar-refractivity contribution in [2.24, 2.45) is 0 Å². The number of hydrogen-bond acceptors (Lipinski definition) is 7. The molecule has 0 aliphatic heterocycles. The highest BCUT2D eigenvalue weighted by atomic mass is 32.2. The quantitative estimate of drug-likeness (QED) is 0.0959. The highest BCUT2D eigenvalue weighted by molar-refractivity contribution is 8.01. The van der Waals surface area contributed by atoms with Gasteiger partial charge < -0.3 is 13.7 Å². The van der Waals surface area contributed by atoms with Gasteiger partial charge in [0.05, 0.1) is 30.5 Å². The number of benzene rings is 2. The lowest BCUT2D eigenvalue weighted by Gasteiger charge is -2.28. The number of ether oxygens (including phenoxy) is 1. The van der Waals surface area contributed by atoms with Crippen molar-refractivity contribution >= 4 is 17.7 Å². The van der Waals surface area contributed by atoms with E-state index in [1.54, 1.807) is 26.0 Å². The summed E-state index contributed by atoms with van der Waals surface area (Å²) in [5.74, 6) is 0.498. The van der Waals surface area contributed by atoms with E-state index in [-0.39, 0.29) is 30.0 Å². The van der Waals surface area contributed by atoms with Gasteiger partial charge in [-0.3, -0.25) is 9.69 Å². The fraction of sp³-hybridized carbons (Fsp3) is 0.375. The molecule has 45 heavy (non-hydrogen) atoms. The predicted octanol–water partition coefficient (Wildman–Crippen LogP) is 9.39. The van der Waals surface area contributed by atoms with Gasteiger partial charge in [0.2, 0.25) is 0 Å². The smallest absolute Gasteiger partial charge is 0.417 e. The standard InChI is InChI=1S/C32H32F6N2O4S/c1-29(2,3)43-28(41)30(4,5)45-24-11-8-20(9-12-24)17-40(18-22-7-6-14-42-22)19-23-16-27(39-44-23)25-13-10-21(31(33,34)35)15-26(25)32(36,37)38/h6-16H,17-19H2,1-5H3. The van der Waals surface area contributed by atoms with Crippen LogP contribution in [0.2, 0.25) is 0 Å². The Morgan fingerprint density at radius 3 is 2.09 bits per heavy atom. The molecule has 4 rings (SSSR count). The molecule has 0 amide bonds. The van der Waals surface area contributed by atoms with Crippen LogP contribution in [-0.2, 0) is 41.5 Å². The van der Waals surface area contributed by atoms with E-state index in [4.69, 9.17) is 13.7 Å². The summed E-state index contributed by atoms with van der Waals surface area (Å²) < 4.78 is 96.1. The van der Waals surface area contributed by atoms with E-state index in [1.165, 1.54) is 24.1 Å². The Labute approximate surface area is 260 Å². The van der Waals surface area contributed by atoms with E-state index < -0.39 is 39.4 Å². The number of halogens is 6. The summed E-state index contributed by atoms with van der Waals surface area (Å²) in [5, 5.41) is 3.74. The van der Waals surface area contributed by atoms with Gasteiger partial charge >= 0.3 is 18.3 Å². The Bertz CT molecular complexity index is 1590. The zero-order chi connectivity index (χ0) is 33.2. The molecule has 0 spiro atoms. The molecule has 2 heterocycles. The number of aromatic nitrogens is 1. The third kappa shape index (κ3) is 9.40. The molecule has 0 aliphatic carbocycles. The molecule has 2 aromatic heterocycles. The molecule has 4 aromatic rings. The van der Waals surface area contributed by atoms with Crippen molar-refractivity contribution in [3.63, 3.8) is 0 Å². The monoisotopic (exact) mass is 654 g/mol. The zero-order valence-corrected chi connectivity index (χ0v) is 26.0. The van der Waals surface area contributed by atoms with Gasteiger partial charge in [0.15, 0.2) is 5.76 Å². The first-order valence-corrected chi connectivity index (χ1v) is 14.6. The Kier molecular flexibility index (Phi) is 9.84. The zero-order valence-electron chi connectivity index (χ0n) is 25.2. The minimum Gasteiger partial charge on any atom is -0.468 e. The second-order valence-corrected chi connectivity index (χ2v) is 13.6. The summed E-state index contributed by atoms with van der Waals surface area (Å²) >= 11 is 1.37. The molecule has 13 heteroatoms. The van der Waals surface area contributed by atoms with E-state index in [2.05, 4.69) is 5.16 Å². The average Bonchev–Trinajstić information content (AvgIpc) is 3.60. The molecule has 0 N–H and O–H groups in total. The lowest BCUT2D eigenvalue weighted by atomic mass is 10.0. The molecule has 0 radical (unpaired) electrons. The van der Waals surface area contributed by atoms with Crippen molar-refractivity contribution in [2.45, 2.75) is 81.8 Å². The highest BCUT2D eigenvalue weighted by Gasteiger charge is 2.39. The molecule has 2 aromatic carbocycles. The molecule has 6 nitrogen and oxygen atoms in total. The van der Waals surface area contributed by atoms with Crippen LogP contribution in [0.3, 0.4) is 0 Å². The number of carbonyl (C=O) groups is 1. The van der Waals surface area contributed by atoms with Crippen molar-refractivity contribution in [1.82, 2.24) is 10.1 Å². The Hall–Kier alpha value is -3.71. The van der Waals surface area contributed by atoms with E-state index in [1.807, 2.05) is 49.9 Å². The molecule has 0 bridgehead atoms. The second-order valence-electron chi connectivity index (χ2n) is 11.9. The lowest BCUT2D eigenvalue weighted by molar-refractivity contribution is -0.157. The van der Waals surface area contributed by atoms with Crippen LogP contribution in [0, 0.1) is 0 Å². The number of carbonyl (C=O) groups excluding carboxylic acids is 1. The average molecular weight is 655 g/mol. The predicted molar refractivity (Wildman–Crippen MR) is 156 cm³/mol. The maximum Gasteiger partial charge on any atom is 0.417 e. The molecule has 0 unspecified atom stereocenters. The van der Waals surface area contributed by atoms with E-state index >= 15 is 0 Å². The first-order chi connectivity index (χ1) is 20.8. The molecule has 0 atom stereocenters. The molecule has 0 aliphatic rings. The van der Waals surface area contributed by atoms with Crippen molar-refractivity contribution in [3.8, 4) is 11.3 Å². The summed E-state index contributed by atoms with van der Waals surface area (Å²) in [6.45, 7) is 9.81. The summed E-state index contributed by atoms with van der Waals surface area (Å²) in [6, 6.07) is 13.7. The van der Waals surface area contributed by atoms with Gasteiger partial charge in [0, 0.05) is 23.1 Å². The fourth-order valence-corrected chi connectivity index (χ4v) is 5.35. The van der Waals surface area contributed by atoms with Crippen molar-refractivity contribution in [3.05, 3.63) is 95.1 Å². The van der Waals surface area contributed by atoms with E-state index in [0.717, 1.165) is 16.5 Å². The first kappa shape index (κ1) is 34.2. The number of thioether (sulfide) groups is 1. The number of hydrogen-bond donors (Lipinski definition) is 0. The summed E-state index contributed by atoms with van der Waals surface area (Å²) in [7, 11) is 0. The van der Waals surface area contributed by atoms with E-state index in [0.29, 0.717) is 24.9 Å². The third-order valence-corrected chi connectivity index (χ3v) is 7.60. The number of alkyl halides is 6. The normalized spacial score (nSPS) is 13.0. The molecule has 0 saturated heterocycles. The molecule has 0 fully saturated rings. The van der Waals surface area contributed by atoms with Gasteiger partial charge in [-0.05, 0) is 76.6 Å². The van der Waals surface area contributed by atoms with Gasteiger partial charge in [-0.25, -0.2) is 0 Å². The Morgan fingerprint density at radius 2 is 1.51 bits per heavy atom. The largest absolute Gasteiger partial charge is 0.468 e. The van der Waals surface area contributed by atoms with Gasteiger partial charge in [-0.1, -0.05) is 23.4 Å². The van der Waals surface area contributed by atoms with Crippen molar-refractivity contribution in [2.75, 3.05) is 0 Å². The van der Waals surface area contributed by atoms with Gasteiger partial charge in [-0.15, -0.1) is 11.8 Å². The fourth-order valence-electron chi connectivity index (χ4n) is 4.36. The third-order valence-electron chi connectivity index (χ3n) is 6.42. The Balaban J connectivity index is 1.53. The molecule has 242 valence electrons. The van der Waals surface area contributed by atoms with Crippen LogP contribution >= 0.6 is 11.8 Å². The second kappa shape index (κ2) is 13.0. The lowest BCUT2D eigenvalue weighted by Crippen LogP contribution is -2.36. The van der Waals surface area contributed by atoms with Crippen LogP contribution < -0.4 is 0 Å². The van der Waals surface area contributed by atoms with E-state index in [9.17, 15) is 31.1 Å². The molecule has 0 saturated carbocycles. The maximum absolute atomic E-state index is 13.7. The SMILES string of the molecule is CC(C)(C)OC(=O)C(C)(C)Sc1ccc(CN(Cc2ccco2)Cc2cc(-c3ccc(C(F)(F)F)cc3C(F)(F)F)no2)cc1. The van der Waals surface area contributed by atoms with Crippen molar-refractivity contribution in [1.29, 1.82) is 0 Å². The van der Waals surface area contributed by atoms with Crippen LogP contribution in [0.25, 0.3) is 11.3 Å². The Morgan fingerprint density at radius 1 is 0.844 bits per heavy atom. The summed E-state index contributed by atoms with van der Waals surface area (Å²) in [5.41, 5.74) is -3.35. The number of nitrogens with zero attached hydrogens (tertiary/aromatic N) is 2. The van der Waals surface area contributed by atoms with Crippen molar-refractivity contribution < 1.29 is 44.8 Å². The van der Waals surface area contributed by atoms with Gasteiger partial charge in [0.25, 0.3) is 0 Å². The first-order valence-electron chi connectivity index (χ1n) is 13.8. The minimum absolute atomic E-state index is 0.0729. The number of rotatable bonds is 10. The molecular weight excluding hydrogens is 622 g/mol. The van der Waals surface area contributed by atoms with Crippen LogP contribution in [-0.4, -0.2) is 26.4 Å². The highest BCUT2D eigenvalue weighted by Crippen LogP contribution is 2.41. The van der Waals surface area contributed by atoms with Crippen LogP contribution in [0.15, 0.2) is 80.8 Å².